The summed E-state index contributed by atoms with van der Waals surface area (Å²) >= 11 is 0. The molecule has 2 aromatic rings. The molecule has 112 valence electrons. The molecule has 0 fully saturated rings. The topological polar surface area (TPSA) is 152 Å². The summed E-state index contributed by atoms with van der Waals surface area (Å²) in [5.41, 5.74) is -0.356. The van der Waals surface area contributed by atoms with E-state index < -0.39 is 11.9 Å². The van der Waals surface area contributed by atoms with Gasteiger partial charge in [0.15, 0.2) is 0 Å². The van der Waals surface area contributed by atoms with E-state index in [0.29, 0.717) is 0 Å². The molecule has 7 nitrogen and oxygen atoms in total. The van der Waals surface area contributed by atoms with Gasteiger partial charge < -0.3 is 35.5 Å². The van der Waals surface area contributed by atoms with Gasteiger partial charge in [0.1, 0.15) is 11.5 Å². The van der Waals surface area contributed by atoms with Crippen LogP contribution in [0.4, 0.5) is 0 Å². The van der Waals surface area contributed by atoms with Crippen LogP contribution in [-0.4, -0.2) is 65.4 Å². The van der Waals surface area contributed by atoms with E-state index in [1.54, 1.807) is 12.1 Å². The molecule has 0 saturated heterocycles. The molecule has 0 spiro atoms. The van der Waals surface area contributed by atoms with Crippen LogP contribution in [0.5, 0.6) is 11.5 Å². The molecule has 0 aliphatic heterocycles. The molecule has 2 rings (SSSR count). The predicted octanol–water partition coefficient (Wildman–Crippen LogP) is -1.69. The van der Waals surface area contributed by atoms with Crippen molar-refractivity contribution in [3.63, 3.8) is 0 Å². The number of aromatic carboxylic acids is 2. The van der Waals surface area contributed by atoms with Crippen LogP contribution < -0.4 is 10.2 Å². The van der Waals surface area contributed by atoms with Gasteiger partial charge in [-0.25, -0.2) is 0 Å². The largest absolute Gasteiger partial charge is 2.00 e. The van der Waals surface area contributed by atoms with Crippen molar-refractivity contribution in [2.24, 2.45) is 0 Å². The van der Waals surface area contributed by atoms with Crippen LogP contribution in [0.25, 0.3) is 0 Å². The normalized spacial score (nSPS) is 8.36. The number of carboxylic acids is 2. The minimum absolute atomic E-state index is 0. The van der Waals surface area contributed by atoms with E-state index in [2.05, 4.69) is 0 Å². The van der Waals surface area contributed by atoms with Crippen molar-refractivity contribution >= 4 is 49.7 Å². The summed E-state index contributed by atoms with van der Waals surface area (Å²) in [6.45, 7) is 0. The number of carboxylic acid groups (broad SMARTS) is 2. The SMILES string of the molecule is O.O=C([O-])c1ccccc1O.O=C([O-])c1ccccc1O.[Ca+2]. The number of phenols is 2. The Balaban J connectivity index is 0. The van der Waals surface area contributed by atoms with E-state index in [1.165, 1.54) is 36.4 Å². The van der Waals surface area contributed by atoms with Crippen molar-refractivity contribution in [3.8, 4) is 11.5 Å². The van der Waals surface area contributed by atoms with Crippen molar-refractivity contribution < 1.29 is 35.5 Å². The Bertz CT molecular complexity index is 573. The average Bonchev–Trinajstić information content (AvgIpc) is 2.40. The van der Waals surface area contributed by atoms with Gasteiger partial charge in [-0.15, -0.1) is 0 Å². The Morgan fingerprint density at radius 2 is 1.00 bits per heavy atom. The Morgan fingerprint density at radius 3 is 1.18 bits per heavy atom. The van der Waals surface area contributed by atoms with Crippen LogP contribution in [0, 0.1) is 0 Å². The Morgan fingerprint density at radius 1 is 0.727 bits per heavy atom. The van der Waals surface area contributed by atoms with Gasteiger partial charge in [-0.2, -0.15) is 0 Å². The summed E-state index contributed by atoms with van der Waals surface area (Å²) < 4.78 is 0. The first-order valence-corrected chi connectivity index (χ1v) is 5.42. The summed E-state index contributed by atoms with van der Waals surface area (Å²) in [5, 5.41) is 38.0. The number of carbonyl (C=O) groups is 2. The molecular weight excluding hydrogens is 320 g/mol. The molecule has 0 bridgehead atoms. The molecule has 0 atom stereocenters. The Labute approximate surface area is 155 Å². The van der Waals surface area contributed by atoms with Crippen molar-refractivity contribution in [2.45, 2.75) is 0 Å². The third-order valence-corrected chi connectivity index (χ3v) is 2.25. The van der Waals surface area contributed by atoms with E-state index in [-0.39, 0.29) is 65.8 Å². The first-order valence-electron chi connectivity index (χ1n) is 5.42. The van der Waals surface area contributed by atoms with Gasteiger partial charge in [0.25, 0.3) is 0 Å². The molecule has 8 heteroatoms. The maximum atomic E-state index is 10.2. The minimum atomic E-state index is -1.36. The van der Waals surface area contributed by atoms with Gasteiger partial charge in [0.2, 0.25) is 0 Å². The first-order chi connectivity index (χ1) is 9.43. The van der Waals surface area contributed by atoms with Crippen LogP contribution in [0.3, 0.4) is 0 Å². The number of rotatable bonds is 2. The third kappa shape index (κ3) is 6.77. The quantitative estimate of drug-likeness (QED) is 0.626. The number of benzene rings is 2. The predicted molar refractivity (Wildman–Crippen MR) is 74.2 cm³/mol. The standard InChI is InChI=1S/2C7H6O3.Ca.H2O/c2*8-6-4-2-1-3-5(6)7(9)10;;/h2*1-4,8H,(H,9,10);;1H2/q;;+2;/p-2. The molecule has 0 unspecified atom stereocenters. The van der Waals surface area contributed by atoms with Crippen LogP contribution >= 0.6 is 0 Å². The molecule has 0 heterocycles. The van der Waals surface area contributed by atoms with E-state index >= 15 is 0 Å². The monoisotopic (exact) mass is 332 g/mol. The van der Waals surface area contributed by atoms with Crippen molar-refractivity contribution in [1.29, 1.82) is 0 Å². The van der Waals surface area contributed by atoms with Crippen LogP contribution in [0.1, 0.15) is 20.7 Å². The second kappa shape index (κ2) is 10.9. The van der Waals surface area contributed by atoms with Crippen molar-refractivity contribution in [2.75, 3.05) is 0 Å². The molecule has 2 aromatic carbocycles. The molecule has 0 aliphatic carbocycles. The summed E-state index contributed by atoms with van der Waals surface area (Å²) in [7, 11) is 0. The Kier molecular flexibility index (Phi) is 11.1. The smallest absolute Gasteiger partial charge is 0.545 e. The molecule has 4 N–H and O–H groups in total. The molecular formula is C14H12CaO7. The van der Waals surface area contributed by atoms with Gasteiger partial charge >= 0.3 is 37.7 Å². The zero-order valence-electron chi connectivity index (χ0n) is 11.4. The number of aromatic hydroxyl groups is 2. The average molecular weight is 332 g/mol. The van der Waals surface area contributed by atoms with Gasteiger partial charge in [-0.3, -0.25) is 0 Å². The summed E-state index contributed by atoms with van der Waals surface area (Å²) in [4.78, 5) is 20.3. The second-order valence-electron chi connectivity index (χ2n) is 3.61. The van der Waals surface area contributed by atoms with Gasteiger partial charge in [0.05, 0.1) is 11.9 Å². The van der Waals surface area contributed by atoms with Gasteiger partial charge in [-0.1, -0.05) is 24.3 Å². The number of para-hydroxylation sites is 2. The third-order valence-electron chi connectivity index (χ3n) is 2.25. The fourth-order valence-electron chi connectivity index (χ4n) is 1.29. The molecule has 0 amide bonds. The molecule has 0 radical (unpaired) electrons. The summed E-state index contributed by atoms with van der Waals surface area (Å²) in [5.74, 6) is -3.25. The maximum Gasteiger partial charge on any atom is 2.00 e. The molecule has 0 saturated carbocycles. The van der Waals surface area contributed by atoms with Crippen LogP contribution in [0.15, 0.2) is 48.5 Å². The first kappa shape index (κ1) is 22.5. The van der Waals surface area contributed by atoms with Crippen molar-refractivity contribution in [3.05, 3.63) is 59.7 Å². The van der Waals surface area contributed by atoms with E-state index in [0.717, 1.165) is 0 Å². The molecule has 0 aromatic heterocycles. The number of hydrogen-bond donors (Lipinski definition) is 2. The van der Waals surface area contributed by atoms with Crippen LogP contribution in [0.2, 0.25) is 0 Å². The number of hydrogen-bond acceptors (Lipinski definition) is 6. The van der Waals surface area contributed by atoms with E-state index in [4.69, 9.17) is 10.2 Å². The second-order valence-corrected chi connectivity index (χ2v) is 3.61. The number of carbonyl (C=O) groups excluding carboxylic acids is 2. The zero-order chi connectivity index (χ0) is 15.1. The van der Waals surface area contributed by atoms with Crippen molar-refractivity contribution in [1.82, 2.24) is 0 Å². The Hall–Kier alpha value is -1.80. The maximum absolute atomic E-state index is 10.2. The summed E-state index contributed by atoms with van der Waals surface area (Å²) in [6, 6.07) is 11.3. The minimum Gasteiger partial charge on any atom is -0.545 e. The zero-order valence-corrected chi connectivity index (χ0v) is 13.6. The van der Waals surface area contributed by atoms with Gasteiger partial charge in [-0.05, 0) is 24.3 Å². The fourth-order valence-corrected chi connectivity index (χ4v) is 1.29. The van der Waals surface area contributed by atoms with E-state index in [1.807, 2.05) is 0 Å². The van der Waals surface area contributed by atoms with E-state index in [9.17, 15) is 19.8 Å². The fraction of sp³-hybridized carbons (Fsp3) is 0. The van der Waals surface area contributed by atoms with Crippen LogP contribution in [-0.2, 0) is 0 Å². The summed E-state index contributed by atoms with van der Waals surface area (Å²) in [6.07, 6.45) is 0. The molecule has 0 aliphatic rings. The van der Waals surface area contributed by atoms with Gasteiger partial charge in [0, 0.05) is 11.1 Å². The molecule has 22 heavy (non-hydrogen) atoms.